The molecular formula is C12H17NO. The summed E-state index contributed by atoms with van der Waals surface area (Å²) < 4.78 is 0. The average molecular weight is 191 g/mol. The molecule has 0 bridgehead atoms. The van der Waals surface area contributed by atoms with Crippen molar-refractivity contribution in [2.24, 2.45) is 11.3 Å². The van der Waals surface area contributed by atoms with E-state index < -0.39 is 0 Å². The lowest BCUT2D eigenvalue weighted by atomic mass is 10.0. The highest BCUT2D eigenvalue weighted by molar-refractivity contribution is 5.35. The Balaban J connectivity index is 2.31. The molecule has 1 saturated carbocycles. The van der Waals surface area contributed by atoms with Crippen LogP contribution >= 0.6 is 0 Å². The Morgan fingerprint density at radius 2 is 2.21 bits per heavy atom. The molecule has 14 heavy (non-hydrogen) atoms. The minimum absolute atomic E-state index is 0.239. The van der Waals surface area contributed by atoms with Gasteiger partial charge in [-0.3, -0.25) is 4.98 Å². The van der Waals surface area contributed by atoms with Crippen LogP contribution < -0.4 is 0 Å². The Morgan fingerprint density at radius 1 is 1.50 bits per heavy atom. The minimum Gasteiger partial charge on any atom is -0.396 e. The van der Waals surface area contributed by atoms with Gasteiger partial charge in [0.05, 0.1) is 0 Å². The third-order valence-corrected chi connectivity index (χ3v) is 3.66. The number of nitrogens with zero attached hydrogens (tertiary/aromatic N) is 1. The summed E-state index contributed by atoms with van der Waals surface area (Å²) in [5.41, 5.74) is 2.83. The predicted octanol–water partition coefficient (Wildman–Crippen LogP) is 2.12. The summed E-state index contributed by atoms with van der Waals surface area (Å²) in [6.45, 7) is 6.82. The van der Waals surface area contributed by atoms with Gasteiger partial charge < -0.3 is 5.11 Å². The van der Waals surface area contributed by atoms with E-state index in [1.807, 2.05) is 18.5 Å². The van der Waals surface area contributed by atoms with Gasteiger partial charge in [0.2, 0.25) is 0 Å². The molecule has 0 aliphatic heterocycles. The fourth-order valence-electron chi connectivity index (χ4n) is 2.50. The van der Waals surface area contributed by atoms with Crippen molar-refractivity contribution >= 4 is 0 Å². The van der Waals surface area contributed by atoms with Gasteiger partial charge in [-0.2, -0.15) is 0 Å². The number of aromatic nitrogens is 1. The Hall–Kier alpha value is -0.890. The molecule has 0 saturated heterocycles. The highest BCUT2D eigenvalue weighted by Crippen LogP contribution is 2.64. The Kier molecular flexibility index (Phi) is 2.11. The summed E-state index contributed by atoms with van der Waals surface area (Å²) in [6.07, 6.45) is 3.76. The van der Waals surface area contributed by atoms with E-state index in [4.69, 9.17) is 0 Å². The predicted molar refractivity (Wildman–Crippen MR) is 56.1 cm³/mol. The van der Waals surface area contributed by atoms with E-state index in [1.165, 1.54) is 11.1 Å². The van der Waals surface area contributed by atoms with E-state index in [1.54, 1.807) is 0 Å². The zero-order valence-corrected chi connectivity index (χ0v) is 8.99. The molecule has 76 valence electrons. The lowest BCUT2D eigenvalue weighted by Gasteiger charge is -2.05. The molecule has 1 aliphatic rings. The normalized spacial score (nSPS) is 28.9. The quantitative estimate of drug-likeness (QED) is 0.776. The van der Waals surface area contributed by atoms with Crippen LogP contribution in [0.5, 0.6) is 0 Å². The number of rotatable bonds is 2. The standard InChI is InChI=1S/C12H17NO/c1-8-4-5-13-6-9(8)11-10(7-14)12(11,2)3/h4-6,10-11,14H,7H2,1-3H3. The minimum atomic E-state index is 0.239. The topological polar surface area (TPSA) is 33.1 Å². The van der Waals surface area contributed by atoms with Gasteiger partial charge in [0.1, 0.15) is 0 Å². The Labute approximate surface area is 85.0 Å². The summed E-state index contributed by atoms with van der Waals surface area (Å²) >= 11 is 0. The van der Waals surface area contributed by atoms with Gasteiger partial charge >= 0.3 is 0 Å². The van der Waals surface area contributed by atoms with Crippen molar-refractivity contribution in [1.29, 1.82) is 0 Å². The first-order valence-electron chi connectivity index (χ1n) is 5.10. The zero-order valence-electron chi connectivity index (χ0n) is 8.99. The van der Waals surface area contributed by atoms with Gasteiger partial charge in [0, 0.05) is 19.0 Å². The summed E-state index contributed by atoms with van der Waals surface area (Å²) in [6, 6.07) is 2.04. The molecule has 2 atom stereocenters. The zero-order chi connectivity index (χ0) is 10.3. The first-order valence-corrected chi connectivity index (χ1v) is 5.10. The largest absolute Gasteiger partial charge is 0.396 e. The van der Waals surface area contributed by atoms with Crippen LogP contribution in [0, 0.1) is 18.3 Å². The fraction of sp³-hybridized carbons (Fsp3) is 0.583. The third kappa shape index (κ3) is 1.25. The van der Waals surface area contributed by atoms with E-state index in [-0.39, 0.29) is 12.0 Å². The van der Waals surface area contributed by atoms with E-state index in [0.29, 0.717) is 11.8 Å². The molecule has 0 spiro atoms. The second-order valence-electron chi connectivity index (χ2n) is 4.82. The van der Waals surface area contributed by atoms with Crippen LogP contribution in [0.15, 0.2) is 18.5 Å². The summed E-state index contributed by atoms with van der Waals surface area (Å²) in [5.74, 6) is 0.895. The molecule has 2 rings (SSSR count). The van der Waals surface area contributed by atoms with Gasteiger partial charge in [-0.05, 0) is 41.4 Å². The second kappa shape index (κ2) is 3.06. The molecule has 1 heterocycles. The van der Waals surface area contributed by atoms with Crippen molar-refractivity contribution < 1.29 is 5.11 Å². The van der Waals surface area contributed by atoms with Gasteiger partial charge in [0.25, 0.3) is 0 Å². The average Bonchev–Trinajstić information content (AvgIpc) is 2.69. The molecule has 2 nitrogen and oxygen atoms in total. The van der Waals surface area contributed by atoms with Crippen LogP contribution in [0.25, 0.3) is 0 Å². The van der Waals surface area contributed by atoms with Crippen molar-refractivity contribution in [3.05, 3.63) is 29.6 Å². The molecule has 1 aromatic heterocycles. The summed E-state index contributed by atoms with van der Waals surface area (Å²) in [5, 5.41) is 9.24. The first-order chi connectivity index (χ1) is 6.59. The first kappa shape index (κ1) is 9.66. The molecule has 1 aromatic rings. The number of aliphatic hydroxyl groups excluding tert-OH is 1. The molecule has 0 aromatic carbocycles. The van der Waals surface area contributed by atoms with E-state index in [9.17, 15) is 5.11 Å². The molecule has 2 heteroatoms. The molecule has 0 amide bonds. The van der Waals surface area contributed by atoms with Crippen molar-refractivity contribution in [1.82, 2.24) is 4.98 Å². The van der Waals surface area contributed by atoms with Crippen molar-refractivity contribution in [2.45, 2.75) is 26.7 Å². The van der Waals surface area contributed by atoms with Gasteiger partial charge in [-0.25, -0.2) is 0 Å². The lowest BCUT2D eigenvalue weighted by Crippen LogP contribution is -1.93. The number of aliphatic hydroxyl groups is 1. The van der Waals surface area contributed by atoms with Crippen molar-refractivity contribution in [3.63, 3.8) is 0 Å². The lowest BCUT2D eigenvalue weighted by molar-refractivity contribution is 0.256. The van der Waals surface area contributed by atoms with E-state index in [0.717, 1.165) is 0 Å². The fourth-order valence-corrected chi connectivity index (χ4v) is 2.50. The summed E-state index contributed by atoms with van der Waals surface area (Å²) in [7, 11) is 0. The SMILES string of the molecule is Cc1ccncc1C1C(CO)C1(C)C. The van der Waals surface area contributed by atoms with Crippen molar-refractivity contribution in [3.8, 4) is 0 Å². The second-order valence-corrected chi connectivity index (χ2v) is 4.82. The van der Waals surface area contributed by atoms with Crippen molar-refractivity contribution in [2.75, 3.05) is 6.61 Å². The van der Waals surface area contributed by atoms with Crippen LogP contribution in [0.2, 0.25) is 0 Å². The Morgan fingerprint density at radius 3 is 2.71 bits per heavy atom. The van der Waals surface area contributed by atoms with Gasteiger partial charge in [-0.1, -0.05) is 13.8 Å². The number of hydrogen-bond acceptors (Lipinski definition) is 2. The molecule has 1 fully saturated rings. The van der Waals surface area contributed by atoms with Crippen LogP contribution in [-0.2, 0) is 0 Å². The van der Waals surface area contributed by atoms with Crippen LogP contribution in [-0.4, -0.2) is 16.7 Å². The molecule has 2 unspecified atom stereocenters. The van der Waals surface area contributed by atoms with Gasteiger partial charge in [-0.15, -0.1) is 0 Å². The maximum atomic E-state index is 9.24. The highest BCUT2D eigenvalue weighted by Gasteiger charge is 2.58. The molecule has 0 radical (unpaired) electrons. The number of pyridine rings is 1. The maximum absolute atomic E-state index is 9.24. The monoisotopic (exact) mass is 191 g/mol. The Bertz CT molecular complexity index is 346. The number of aryl methyl sites for hydroxylation is 1. The molecule has 1 N–H and O–H groups in total. The number of hydrogen-bond donors (Lipinski definition) is 1. The molecule has 1 aliphatic carbocycles. The molecular weight excluding hydrogens is 174 g/mol. The smallest absolute Gasteiger partial charge is 0.0470 e. The third-order valence-electron chi connectivity index (χ3n) is 3.66. The highest BCUT2D eigenvalue weighted by atomic mass is 16.3. The van der Waals surface area contributed by atoms with Crippen LogP contribution in [0.4, 0.5) is 0 Å². The van der Waals surface area contributed by atoms with E-state index >= 15 is 0 Å². The van der Waals surface area contributed by atoms with Crippen LogP contribution in [0.1, 0.15) is 30.9 Å². The van der Waals surface area contributed by atoms with Crippen LogP contribution in [0.3, 0.4) is 0 Å². The van der Waals surface area contributed by atoms with E-state index in [2.05, 4.69) is 25.8 Å². The van der Waals surface area contributed by atoms with Gasteiger partial charge in [0.15, 0.2) is 0 Å². The summed E-state index contributed by atoms with van der Waals surface area (Å²) in [4.78, 5) is 4.16. The maximum Gasteiger partial charge on any atom is 0.0470 e.